The third-order valence-corrected chi connectivity index (χ3v) is 5.45. The number of para-hydroxylation sites is 1. The molecule has 29 heavy (non-hydrogen) atoms. The van der Waals surface area contributed by atoms with Crippen molar-refractivity contribution >= 4 is 5.91 Å². The van der Waals surface area contributed by atoms with Crippen LogP contribution in [-0.4, -0.2) is 51.3 Å². The molecule has 1 fully saturated rings. The third kappa shape index (κ3) is 5.41. The summed E-state index contributed by atoms with van der Waals surface area (Å²) >= 11 is 0. The van der Waals surface area contributed by atoms with Gasteiger partial charge < -0.3 is 24.4 Å². The number of amides is 1. The first kappa shape index (κ1) is 21.0. The van der Waals surface area contributed by atoms with Gasteiger partial charge in [-0.3, -0.25) is 4.79 Å². The molecule has 0 aromatic heterocycles. The molecule has 2 aromatic carbocycles. The fourth-order valence-electron chi connectivity index (χ4n) is 3.73. The number of nitrogens with one attached hydrogen (secondary N) is 1. The quantitative estimate of drug-likeness (QED) is 0.741. The molecule has 6 nitrogen and oxygen atoms in total. The van der Waals surface area contributed by atoms with Gasteiger partial charge in [0, 0.05) is 36.8 Å². The van der Waals surface area contributed by atoms with Gasteiger partial charge in [0.15, 0.2) is 0 Å². The van der Waals surface area contributed by atoms with Crippen LogP contribution in [0.15, 0.2) is 42.5 Å². The molecule has 0 atom stereocenters. The fourth-order valence-corrected chi connectivity index (χ4v) is 3.73. The van der Waals surface area contributed by atoms with Crippen LogP contribution in [0.2, 0.25) is 0 Å². The maximum Gasteiger partial charge on any atom is 0.227 e. The Bertz CT molecular complexity index is 816. The minimum absolute atomic E-state index is 0.155. The number of methoxy groups -OCH3 is 3. The lowest BCUT2D eigenvalue weighted by Gasteiger charge is -2.33. The Hall–Kier alpha value is -2.73. The van der Waals surface area contributed by atoms with E-state index in [0.717, 1.165) is 54.3 Å². The average molecular weight is 399 g/mol. The number of nitrogens with zero attached hydrogens (tertiary/aromatic N) is 1. The zero-order valence-electron chi connectivity index (χ0n) is 17.4. The van der Waals surface area contributed by atoms with Gasteiger partial charge in [0.2, 0.25) is 5.91 Å². The van der Waals surface area contributed by atoms with Crippen LogP contribution < -0.4 is 19.5 Å². The molecule has 0 aliphatic carbocycles. The summed E-state index contributed by atoms with van der Waals surface area (Å²) in [4.78, 5) is 14.7. The standard InChI is InChI=1S/C23H30N2O4/c1-27-20-8-9-22(29-3)18(14-20)16-24-19-10-12-25(13-11-19)23(26)15-17-6-4-5-7-21(17)28-2/h4-9,14,19,24H,10-13,15-16H2,1-3H3. The Balaban J connectivity index is 1.50. The monoisotopic (exact) mass is 398 g/mol. The number of hydrogen-bond donors (Lipinski definition) is 1. The molecule has 0 spiro atoms. The highest BCUT2D eigenvalue weighted by Gasteiger charge is 2.23. The van der Waals surface area contributed by atoms with Crippen molar-refractivity contribution in [1.82, 2.24) is 10.2 Å². The number of hydrogen-bond acceptors (Lipinski definition) is 5. The summed E-state index contributed by atoms with van der Waals surface area (Å²) in [6, 6.07) is 13.9. The zero-order valence-corrected chi connectivity index (χ0v) is 17.4. The van der Waals surface area contributed by atoms with E-state index < -0.39 is 0 Å². The number of carbonyl (C=O) groups excluding carboxylic acids is 1. The van der Waals surface area contributed by atoms with Crippen molar-refractivity contribution in [2.75, 3.05) is 34.4 Å². The van der Waals surface area contributed by atoms with Crippen LogP contribution in [-0.2, 0) is 17.8 Å². The van der Waals surface area contributed by atoms with E-state index in [1.807, 2.05) is 47.4 Å². The van der Waals surface area contributed by atoms with Crippen molar-refractivity contribution in [3.8, 4) is 17.2 Å². The molecule has 0 unspecified atom stereocenters. The van der Waals surface area contributed by atoms with E-state index in [0.29, 0.717) is 19.0 Å². The molecule has 0 saturated carbocycles. The first-order valence-corrected chi connectivity index (χ1v) is 9.98. The highest BCUT2D eigenvalue weighted by atomic mass is 16.5. The lowest BCUT2D eigenvalue weighted by atomic mass is 10.0. The van der Waals surface area contributed by atoms with E-state index in [-0.39, 0.29) is 5.91 Å². The lowest BCUT2D eigenvalue weighted by molar-refractivity contribution is -0.131. The van der Waals surface area contributed by atoms with Crippen LogP contribution >= 0.6 is 0 Å². The van der Waals surface area contributed by atoms with Gasteiger partial charge >= 0.3 is 0 Å². The summed E-state index contributed by atoms with van der Waals surface area (Å²) in [7, 11) is 4.98. The molecule has 3 rings (SSSR count). The van der Waals surface area contributed by atoms with Crippen molar-refractivity contribution in [3.05, 3.63) is 53.6 Å². The van der Waals surface area contributed by atoms with Crippen molar-refractivity contribution in [2.24, 2.45) is 0 Å². The van der Waals surface area contributed by atoms with Gasteiger partial charge in [0.05, 0.1) is 27.8 Å². The summed E-state index contributed by atoms with van der Waals surface area (Å²) < 4.78 is 16.1. The zero-order chi connectivity index (χ0) is 20.6. The molecule has 1 heterocycles. The predicted molar refractivity (Wildman–Crippen MR) is 113 cm³/mol. The van der Waals surface area contributed by atoms with E-state index in [2.05, 4.69) is 5.32 Å². The minimum Gasteiger partial charge on any atom is -0.497 e. The van der Waals surface area contributed by atoms with Crippen LogP contribution in [0.5, 0.6) is 17.2 Å². The molecule has 1 amide bonds. The third-order valence-electron chi connectivity index (χ3n) is 5.45. The maximum absolute atomic E-state index is 12.7. The second-order valence-electron chi connectivity index (χ2n) is 7.20. The maximum atomic E-state index is 12.7. The molecule has 156 valence electrons. The summed E-state index contributed by atoms with van der Waals surface area (Å²) in [5.74, 6) is 2.59. The van der Waals surface area contributed by atoms with Crippen molar-refractivity contribution in [1.29, 1.82) is 0 Å². The van der Waals surface area contributed by atoms with E-state index in [1.165, 1.54) is 0 Å². The second kappa shape index (κ2) is 10.2. The minimum atomic E-state index is 0.155. The summed E-state index contributed by atoms with van der Waals surface area (Å²) in [5, 5.41) is 3.60. The number of rotatable bonds is 8. The van der Waals surface area contributed by atoms with Gasteiger partial charge in [-0.05, 0) is 37.1 Å². The Morgan fingerprint density at radius 2 is 1.66 bits per heavy atom. The Morgan fingerprint density at radius 3 is 2.34 bits per heavy atom. The molecular weight excluding hydrogens is 368 g/mol. The van der Waals surface area contributed by atoms with Crippen molar-refractivity contribution < 1.29 is 19.0 Å². The topological polar surface area (TPSA) is 60.0 Å². The number of carbonyl (C=O) groups is 1. The molecule has 6 heteroatoms. The fraction of sp³-hybridized carbons (Fsp3) is 0.435. The van der Waals surface area contributed by atoms with Gasteiger partial charge in [-0.1, -0.05) is 18.2 Å². The van der Waals surface area contributed by atoms with Gasteiger partial charge in [-0.25, -0.2) is 0 Å². The molecule has 2 aromatic rings. The van der Waals surface area contributed by atoms with E-state index in [1.54, 1.807) is 21.3 Å². The molecule has 0 bridgehead atoms. The molecule has 0 radical (unpaired) electrons. The van der Waals surface area contributed by atoms with Crippen LogP contribution in [0.1, 0.15) is 24.0 Å². The first-order chi connectivity index (χ1) is 14.1. The van der Waals surface area contributed by atoms with E-state index in [4.69, 9.17) is 14.2 Å². The lowest BCUT2D eigenvalue weighted by Crippen LogP contribution is -2.45. The molecule has 1 aliphatic heterocycles. The Morgan fingerprint density at radius 1 is 0.966 bits per heavy atom. The molecular formula is C23H30N2O4. The largest absolute Gasteiger partial charge is 0.497 e. The van der Waals surface area contributed by atoms with E-state index >= 15 is 0 Å². The molecule has 1 aliphatic rings. The number of piperidine rings is 1. The van der Waals surface area contributed by atoms with Crippen LogP contribution in [0.4, 0.5) is 0 Å². The number of benzene rings is 2. The molecule has 1 N–H and O–H groups in total. The normalized spacial score (nSPS) is 14.5. The smallest absolute Gasteiger partial charge is 0.227 e. The highest BCUT2D eigenvalue weighted by Crippen LogP contribution is 2.24. The first-order valence-electron chi connectivity index (χ1n) is 9.98. The average Bonchev–Trinajstić information content (AvgIpc) is 2.78. The van der Waals surface area contributed by atoms with Gasteiger partial charge in [-0.2, -0.15) is 0 Å². The van der Waals surface area contributed by atoms with Crippen LogP contribution in [0.25, 0.3) is 0 Å². The summed E-state index contributed by atoms with van der Waals surface area (Å²) in [6.07, 6.45) is 2.25. The van der Waals surface area contributed by atoms with Crippen LogP contribution in [0.3, 0.4) is 0 Å². The van der Waals surface area contributed by atoms with E-state index in [9.17, 15) is 4.79 Å². The Kier molecular flexibility index (Phi) is 7.36. The summed E-state index contributed by atoms with van der Waals surface area (Å²) in [6.45, 7) is 2.24. The molecule has 1 saturated heterocycles. The van der Waals surface area contributed by atoms with Gasteiger partial charge in [0.1, 0.15) is 17.2 Å². The Labute approximate surface area is 172 Å². The number of ether oxygens (including phenoxy) is 3. The van der Waals surface area contributed by atoms with Gasteiger partial charge in [-0.15, -0.1) is 0 Å². The number of likely N-dealkylation sites (tertiary alicyclic amines) is 1. The van der Waals surface area contributed by atoms with Gasteiger partial charge in [0.25, 0.3) is 0 Å². The van der Waals surface area contributed by atoms with Crippen molar-refractivity contribution in [2.45, 2.75) is 31.8 Å². The highest BCUT2D eigenvalue weighted by molar-refractivity contribution is 5.79. The predicted octanol–water partition coefficient (Wildman–Crippen LogP) is 3.04. The second-order valence-corrected chi connectivity index (χ2v) is 7.20. The SMILES string of the molecule is COc1ccc(OC)c(CNC2CCN(C(=O)Cc3ccccc3OC)CC2)c1. The summed E-state index contributed by atoms with van der Waals surface area (Å²) in [5.41, 5.74) is 2.01. The van der Waals surface area contributed by atoms with Crippen molar-refractivity contribution in [3.63, 3.8) is 0 Å². The van der Waals surface area contributed by atoms with Crippen LogP contribution in [0, 0.1) is 0 Å².